The highest BCUT2D eigenvalue weighted by Crippen LogP contribution is 2.28. The Morgan fingerprint density at radius 2 is 1.67 bits per heavy atom. The standard InChI is InChI=1S/C17H22N4O2S/c1-20-9-11-21(12-10-20)14-7-8-16(18)17(13-14)19-24(22,23)15-5-3-2-4-6-15/h2-8,13,19H,9-12,18H2,1H3. The quantitative estimate of drug-likeness (QED) is 0.826. The topological polar surface area (TPSA) is 78.7 Å². The van der Waals surface area contributed by atoms with Gasteiger partial charge >= 0.3 is 0 Å². The van der Waals surface area contributed by atoms with Gasteiger partial charge in [0.15, 0.2) is 0 Å². The maximum atomic E-state index is 12.5. The Labute approximate surface area is 142 Å². The zero-order valence-electron chi connectivity index (χ0n) is 13.6. The number of hydrogen-bond acceptors (Lipinski definition) is 5. The summed E-state index contributed by atoms with van der Waals surface area (Å²) in [5.41, 5.74) is 7.77. The average molecular weight is 346 g/mol. The molecule has 0 bridgehead atoms. The molecule has 7 heteroatoms. The van der Waals surface area contributed by atoms with Crippen molar-refractivity contribution in [3.63, 3.8) is 0 Å². The number of nitrogens with zero attached hydrogens (tertiary/aromatic N) is 2. The summed E-state index contributed by atoms with van der Waals surface area (Å²) < 4.78 is 27.6. The predicted molar refractivity (Wildman–Crippen MR) is 97.8 cm³/mol. The molecule has 3 rings (SSSR count). The summed E-state index contributed by atoms with van der Waals surface area (Å²) in [5.74, 6) is 0. The highest BCUT2D eigenvalue weighted by atomic mass is 32.2. The SMILES string of the molecule is CN1CCN(c2ccc(N)c(NS(=O)(=O)c3ccccc3)c2)CC1. The van der Waals surface area contributed by atoms with E-state index in [9.17, 15) is 8.42 Å². The molecule has 2 aromatic carbocycles. The number of nitrogens with two attached hydrogens (primary N) is 1. The number of nitrogens with one attached hydrogen (secondary N) is 1. The molecule has 0 unspecified atom stereocenters. The Morgan fingerprint density at radius 1 is 1.00 bits per heavy atom. The van der Waals surface area contributed by atoms with Crippen LogP contribution in [0.1, 0.15) is 0 Å². The van der Waals surface area contributed by atoms with Crippen LogP contribution < -0.4 is 15.4 Å². The van der Waals surface area contributed by atoms with E-state index in [-0.39, 0.29) is 4.90 Å². The van der Waals surface area contributed by atoms with Crippen molar-refractivity contribution in [2.75, 3.05) is 48.6 Å². The van der Waals surface area contributed by atoms with Crippen molar-refractivity contribution in [2.24, 2.45) is 0 Å². The summed E-state index contributed by atoms with van der Waals surface area (Å²) in [7, 11) is -1.55. The highest BCUT2D eigenvalue weighted by molar-refractivity contribution is 7.92. The van der Waals surface area contributed by atoms with E-state index in [4.69, 9.17) is 5.73 Å². The smallest absolute Gasteiger partial charge is 0.261 e. The fraction of sp³-hybridized carbons (Fsp3) is 0.294. The first-order valence-electron chi connectivity index (χ1n) is 7.86. The first-order chi connectivity index (χ1) is 11.5. The Hall–Kier alpha value is -2.25. The van der Waals surface area contributed by atoms with Crippen molar-refractivity contribution in [3.05, 3.63) is 48.5 Å². The number of piperazine rings is 1. The Morgan fingerprint density at radius 3 is 2.33 bits per heavy atom. The molecule has 0 saturated carbocycles. The second-order valence-electron chi connectivity index (χ2n) is 5.98. The van der Waals surface area contributed by atoms with Gasteiger partial charge in [0.1, 0.15) is 0 Å². The lowest BCUT2D eigenvalue weighted by Crippen LogP contribution is -2.44. The van der Waals surface area contributed by atoms with E-state index in [0.29, 0.717) is 11.4 Å². The molecule has 1 saturated heterocycles. The zero-order chi connectivity index (χ0) is 17.2. The third-order valence-corrected chi connectivity index (χ3v) is 5.58. The summed E-state index contributed by atoms with van der Waals surface area (Å²) in [6, 6.07) is 13.8. The van der Waals surface area contributed by atoms with Gasteiger partial charge in [-0.3, -0.25) is 4.72 Å². The van der Waals surface area contributed by atoms with Gasteiger partial charge in [-0.25, -0.2) is 8.42 Å². The third-order valence-electron chi connectivity index (χ3n) is 4.20. The summed E-state index contributed by atoms with van der Waals surface area (Å²) in [6.45, 7) is 3.78. The molecule has 0 aliphatic carbocycles. The van der Waals surface area contributed by atoms with Crippen LogP contribution in [0.4, 0.5) is 17.1 Å². The van der Waals surface area contributed by atoms with Crippen molar-refractivity contribution in [3.8, 4) is 0 Å². The highest BCUT2D eigenvalue weighted by Gasteiger charge is 2.18. The third kappa shape index (κ3) is 3.63. The minimum atomic E-state index is -3.65. The molecule has 1 aliphatic heterocycles. The first-order valence-corrected chi connectivity index (χ1v) is 9.35. The van der Waals surface area contributed by atoms with Crippen LogP contribution in [-0.2, 0) is 10.0 Å². The van der Waals surface area contributed by atoms with Crippen molar-refractivity contribution in [1.29, 1.82) is 0 Å². The van der Waals surface area contributed by atoms with Gasteiger partial charge in [0, 0.05) is 31.9 Å². The Kier molecular flexibility index (Phi) is 4.64. The lowest BCUT2D eigenvalue weighted by Gasteiger charge is -2.34. The number of anilines is 3. The minimum Gasteiger partial charge on any atom is -0.397 e. The largest absolute Gasteiger partial charge is 0.397 e. The fourth-order valence-electron chi connectivity index (χ4n) is 2.70. The van der Waals surface area contributed by atoms with Gasteiger partial charge in [-0.15, -0.1) is 0 Å². The number of sulfonamides is 1. The van der Waals surface area contributed by atoms with E-state index < -0.39 is 10.0 Å². The van der Waals surface area contributed by atoms with Gasteiger partial charge in [-0.2, -0.15) is 0 Å². The fourth-order valence-corrected chi connectivity index (χ4v) is 3.80. The molecule has 3 N–H and O–H groups in total. The van der Waals surface area contributed by atoms with E-state index >= 15 is 0 Å². The van der Waals surface area contributed by atoms with E-state index in [1.165, 1.54) is 0 Å². The van der Waals surface area contributed by atoms with E-state index in [0.717, 1.165) is 31.9 Å². The van der Waals surface area contributed by atoms with Crippen LogP contribution in [0.3, 0.4) is 0 Å². The molecule has 128 valence electrons. The molecular weight excluding hydrogens is 324 g/mol. The maximum absolute atomic E-state index is 12.5. The first kappa shape index (κ1) is 16.6. The van der Waals surface area contributed by atoms with Crippen molar-refractivity contribution in [2.45, 2.75) is 4.90 Å². The summed E-state index contributed by atoms with van der Waals surface area (Å²) >= 11 is 0. The number of hydrogen-bond donors (Lipinski definition) is 2. The lowest BCUT2D eigenvalue weighted by molar-refractivity contribution is 0.313. The van der Waals surface area contributed by atoms with Gasteiger partial charge in [0.2, 0.25) is 0 Å². The van der Waals surface area contributed by atoms with E-state index in [1.807, 2.05) is 6.07 Å². The van der Waals surface area contributed by atoms with Crippen LogP contribution in [0.2, 0.25) is 0 Å². The van der Waals surface area contributed by atoms with Gasteiger partial charge < -0.3 is 15.5 Å². The molecule has 2 aromatic rings. The van der Waals surface area contributed by atoms with Gasteiger partial charge in [-0.05, 0) is 37.4 Å². The monoisotopic (exact) mass is 346 g/mol. The van der Waals surface area contributed by atoms with Crippen LogP contribution in [0.5, 0.6) is 0 Å². The van der Waals surface area contributed by atoms with Gasteiger partial charge in [-0.1, -0.05) is 18.2 Å². The number of rotatable bonds is 4. The second kappa shape index (κ2) is 6.70. The zero-order valence-corrected chi connectivity index (χ0v) is 14.5. The molecular formula is C17H22N4O2S. The predicted octanol–water partition coefficient (Wildman–Crippen LogP) is 1.82. The summed E-state index contributed by atoms with van der Waals surface area (Å²) in [6.07, 6.45) is 0. The lowest BCUT2D eigenvalue weighted by atomic mass is 10.2. The van der Waals surface area contributed by atoms with Crippen LogP contribution in [-0.4, -0.2) is 46.5 Å². The van der Waals surface area contributed by atoms with Crippen molar-refractivity contribution in [1.82, 2.24) is 4.90 Å². The molecule has 0 spiro atoms. The second-order valence-corrected chi connectivity index (χ2v) is 7.66. The summed E-state index contributed by atoms with van der Waals surface area (Å²) in [5, 5.41) is 0. The molecule has 6 nitrogen and oxygen atoms in total. The molecule has 0 amide bonds. The van der Waals surface area contributed by atoms with Gasteiger partial charge in [0.25, 0.3) is 10.0 Å². The Bertz CT molecular complexity index is 801. The van der Waals surface area contributed by atoms with Crippen LogP contribution in [0.25, 0.3) is 0 Å². The summed E-state index contributed by atoms with van der Waals surface area (Å²) in [4.78, 5) is 4.72. The molecule has 1 heterocycles. The molecule has 0 radical (unpaired) electrons. The van der Waals surface area contributed by atoms with Gasteiger partial charge in [0.05, 0.1) is 16.3 Å². The molecule has 1 fully saturated rings. The van der Waals surface area contributed by atoms with Crippen LogP contribution in [0, 0.1) is 0 Å². The van der Waals surface area contributed by atoms with E-state index in [2.05, 4.69) is 21.6 Å². The van der Waals surface area contributed by atoms with Crippen molar-refractivity contribution < 1.29 is 8.42 Å². The average Bonchev–Trinajstić information content (AvgIpc) is 2.58. The molecule has 0 aromatic heterocycles. The Balaban J connectivity index is 1.84. The normalized spacial score (nSPS) is 16.1. The van der Waals surface area contributed by atoms with Crippen LogP contribution >= 0.6 is 0 Å². The number of benzene rings is 2. The molecule has 24 heavy (non-hydrogen) atoms. The minimum absolute atomic E-state index is 0.217. The number of likely N-dealkylation sites (N-methyl/N-ethyl adjacent to an activating group) is 1. The van der Waals surface area contributed by atoms with Crippen LogP contribution in [0.15, 0.2) is 53.4 Å². The molecule has 0 atom stereocenters. The van der Waals surface area contributed by atoms with E-state index in [1.54, 1.807) is 42.5 Å². The maximum Gasteiger partial charge on any atom is 0.261 e. The van der Waals surface area contributed by atoms with Crippen molar-refractivity contribution >= 4 is 27.1 Å². The molecule has 1 aliphatic rings. The number of nitrogen functional groups attached to an aromatic ring is 1.